The van der Waals surface area contributed by atoms with Crippen molar-refractivity contribution in [2.45, 2.75) is 51.0 Å². The van der Waals surface area contributed by atoms with Crippen molar-refractivity contribution in [2.75, 3.05) is 26.2 Å². The van der Waals surface area contributed by atoms with Crippen LogP contribution in [0.3, 0.4) is 0 Å². The van der Waals surface area contributed by atoms with Crippen molar-refractivity contribution in [3.8, 4) is 0 Å². The van der Waals surface area contributed by atoms with Gasteiger partial charge in [0.1, 0.15) is 6.61 Å². The van der Waals surface area contributed by atoms with Gasteiger partial charge in [0.05, 0.1) is 5.60 Å². The molecule has 0 atom stereocenters. The van der Waals surface area contributed by atoms with Crippen LogP contribution in [-0.4, -0.2) is 37.7 Å². The zero-order valence-corrected chi connectivity index (χ0v) is 13.1. The maximum atomic E-state index is 12.1. The van der Waals surface area contributed by atoms with E-state index >= 15 is 0 Å². The summed E-state index contributed by atoms with van der Waals surface area (Å²) in [5.41, 5.74) is 0.296. The molecule has 0 aromatic carbocycles. The number of amides is 1. The molecule has 118 valence electrons. The molecule has 5 aliphatic rings. The average molecular weight is 292 g/mol. The van der Waals surface area contributed by atoms with Crippen molar-refractivity contribution in [3.05, 3.63) is 0 Å². The molecule has 4 bridgehead atoms. The van der Waals surface area contributed by atoms with Gasteiger partial charge < -0.3 is 15.4 Å². The van der Waals surface area contributed by atoms with E-state index in [2.05, 4.69) is 17.6 Å². The Kier molecular flexibility index (Phi) is 3.30. The van der Waals surface area contributed by atoms with Gasteiger partial charge >= 0.3 is 0 Å². The summed E-state index contributed by atoms with van der Waals surface area (Å²) < 4.78 is 5.72. The Morgan fingerprint density at radius 3 is 2.19 bits per heavy atom. The van der Waals surface area contributed by atoms with Crippen LogP contribution in [0.1, 0.15) is 45.4 Å². The lowest BCUT2D eigenvalue weighted by atomic mass is 9.49. The lowest BCUT2D eigenvalue weighted by Gasteiger charge is -2.56. The van der Waals surface area contributed by atoms with E-state index < -0.39 is 0 Å². The Hall–Kier alpha value is -0.610. The van der Waals surface area contributed by atoms with E-state index in [0.717, 1.165) is 37.4 Å². The Morgan fingerprint density at radius 1 is 1.14 bits per heavy atom. The highest BCUT2D eigenvalue weighted by molar-refractivity contribution is 5.77. The van der Waals surface area contributed by atoms with Gasteiger partial charge in [-0.1, -0.05) is 0 Å². The third-order valence-corrected chi connectivity index (χ3v) is 6.38. The van der Waals surface area contributed by atoms with Gasteiger partial charge in [-0.05, 0) is 68.6 Å². The molecular formula is C17H28N2O2. The van der Waals surface area contributed by atoms with Gasteiger partial charge in [-0.3, -0.25) is 4.79 Å². The maximum Gasteiger partial charge on any atom is 0.246 e. The van der Waals surface area contributed by atoms with Gasteiger partial charge in [0.2, 0.25) is 5.91 Å². The van der Waals surface area contributed by atoms with Crippen LogP contribution < -0.4 is 10.6 Å². The van der Waals surface area contributed by atoms with Crippen molar-refractivity contribution in [1.82, 2.24) is 10.6 Å². The minimum atomic E-state index is -0.127. The summed E-state index contributed by atoms with van der Waals surface area (Å²) in [6, 6.07) is 0. The predicted molar refractivity (Wildman–Crippen MR) is 80.8 cm³/mol. The van der Waals surface area contributed by atoms with E-state index in [-0.39, 0.29) is 18.1 Å². The smallest absolute Gasteiger partial charge is 0.246 e. The van der Waals surface area contributed by atoms with Crippen LogP contribution in [0, 0.1) is 23.2 Å². The highest BCUT2D eigenvalue weighted by atomic mass is 16.5. The summed E-state index contributed by atoms with van der Waals surface area (Å²) in [7, 11) is 0. The number of hydrogen-bond acceptors (Lipinski definition) is 3. The summed E-state index contributed by atoms with van der Waals surface area (Å²) >= 11 is 0. The fourth-order valence-electron chi connectivity index (χ4n) is 5.66. The Bertz CT molecular complexity index is 395. The summed E-state index contributed by atoms with van der Waals surface area (Å²) in [6.07, 6.45) is 8.43. The minimum absolute atomic E-state index is 0.0684. The molecule has 4 aliphatic carbocycles. The highest BCUT2D eigenvalue weighted by Crippen LogP contribution is 2.59. The first-order valence-corrected chi connectivity index (χ1v) is 8.66. The molecule has 5 fully saturated rings. The number of carbonyl (C=O) groups is 1. The first-order chi connectivity index (χ1) is 10.0. The topological polar surface area (TPSA) is 50.4 Å². The Labute approximate surface area is 127 Å². The second kappa shape index (κ2) is 4.95. The van der Waals surface area contributed by atoms with Crippen LogP contribution in [-0.2, 0) is 9.53 Å². The van der Waals surface area contributed by atoms with E-state index in [9.17, 15) is 4.79 Å². The predicted octanol–water partition coefficient (Wildman–Crippen LogP) is 1.70. The summed E-state index contributed by atoms with van der Waals surface area (Å²) in [6.45, 7) is 4.87. The third-order valence-electron chi connectivity index (χ3n) is 6.38. The normalized spacial score (nSPS) is 42.6. The van der Waals surface area contributed by atoms with Gasteiger partial charge in [0.15, 0.2) is 0 Å². The van der Waals surface area contributed by atoms with Crippen molar-refractivity contribution in [2.24, 2.45) is 23.2 Å². The first-order valence-electron chi connectivity index (χ1n) is 8.66. The largest absolute Gasteiger partial charge is 0.363 e. The second-order valence-electron chi connectivity index (χ2n) is 8.54. The van der Waals surface area contributed by atoms with E-state index in [4.69, 9.17) is 4.74 Å². The molecule has 0 spiro atoms. The molecule has 0 aromatic rings. The van der Waals surface area contributed by atoms with Gasteiger partial charge in [-0.25, -0.2) is 0 Å². The zero-order chi connectivity index (χ0) is 14.5. The van der Waals surface area contributed by atoms with Gasteiger partial charge in [0.25, 0.3) is 0 Å². The number of ether oxygens (including phenoxy) is 1. The van der Waals surface area contributed by atoms with Crippen molar-refractivity contribution >= 4 is 5.91 Å². The number of carbonyl (C=O) groups excluding carboxylic acids is 1. The molecule has 1 saturated heterocycles. The van der Waals surface area contributed by atoms with E-state index in [0.29, 0.717) is 5.41 Å². The van der Waals surface area contributed by atoms with E-state index in [1.54, 1.807) is 0 Å². The maximum absolute atomic E-state index is 12.1. The number of nitrogens with one attached hydrogen (secondary N) is 2. The van der Waals surface area contributed by atoms with E-state index in [1.807, 2.05) is 0 Å². The molecule has 4 saturated carbocycles. The average Bonchev–Trinajstić information content (AvgIpc) is 2.39. The fourth-order valence-corrected chi connectivity index (χ4v) is 5.66. The van der Waals surface area contributed by atoms with E-state index in [1.165, 1.54) is 38.5 Å². The molecule has 0 radical (unpaired) electrons. The second-order valence-corrected chi connectivity index (χ2v) is 8.54. The third kappa shape index (κ3) is 2.72. The molecule has 0 aromatic heterocycles. The standard InChI is InChI=1S/C17H28N2O2/c1-16(9-18-10-16)21-8-15(20)19-11-17-5-12-2-13(6-17)4-14(3-12)7-17/h12-14,18H,2-11H2,1H3,(H,19,20). The molecule has 0 unspecified atom stereocenters. The van der Waals surface area contributed by atoms with Gasteiger partial charge in [-0.2, -0.15) is 0 Å². The molecule has 2 N–H and O–H groups in total. The van der Waals surface area contributed by atoms with Crippen LogP contribution in [0.25, 0.3) is 0 Å². The molecule has 4 nitrogen and oxygen atoms in total. The molecule has 21 heavy (non-hydrogen) atoms. The number of rotatable bonds is 5. The van der Waals surface area contributed by atoms with Crippen LogP contribution in [0.2, 0.25) is 0 Å². The van der Waals surface area contributed by atoms with Crippen molar-refractivity contribution in [1.29, 1.82) is 0 Å². The lowest BCUT2D eigenvalue weighted by Crippen LogP contribution is -2.60. The number of hydrogen-bond donors (Lipinski definition) is 2. The van der Waals surface area contributed by atoms with Crippen LogP contribution in [0.4, 0.5) is 0 Å². The fraction of sp³-hybridized carbons (Fsp3) is 0.941. The summed E-state index contributed by atoms with van der Waals surface area (Å²) in [5.74, 6) is 2.91. The van der Waals surface area contributed by atoms with Crippen molar-refractivity contribution < 1.29 is 9.53 Å². The Balaban J connectivity index is 1.27. The first kappa shape index (κ1) is 14.0. The van der Waals surface area contributed by atoms with Crippen LogP contribution >= 0.6 is 0 Å². The molecular weight excluding hydrogens is 264 g/mol. The lowest BCUT2D eigenvalue weighted by molar-refractivity contribution is -0.137. The molecule has 1 heterocycles. The molecule has 1 amide bonds. The monoisotopic (exact) mass is 292 g/mol. The summed E-state index contributed by atoms with van der Waals surface area (Å²) in [4.78, 5) is 12.1. The van der Waals surface area contributed by atoms with Crippen LogP contribution in [0.15, 0.2) is 0 Å². The van der Waals surface area contributed by atoms with Gasteiger partial charge in [0, 0.05) is 19.6 Å². The quantitative estimate of drug-likeness (QED) is 0.811. The summed E-state index contributed by atoms with van der Waals surface area (Å²) in [5, 5.41) is 6.37. The van der Waals surface area contributed by atoms with Crippen LogP contribution in [0.5, 0.6) is 0 Å². The minimum Gasteiger partial charge on any atom is -0.363 e. The SMILES string of the molecule is CC1(OCC(=O)NCC23CC4CC(CC(C4)C2)C3)CNC1. The van der Waals surface area contributed by atoms with Gasteiger partial charge in [-0.15, -0.1) is 0 Å². The molecule has 1 aliphatic heterocycles. The van der Waals surface area contributed by atoms with Crippen molar-refractivity contribution in [3.63, 3.8) is 0 Å². The molecule has 5 rings (SSSR count). The zero-order valence-electron chi connectivity index (χ0n) is 13.1. The highest BCUT2D eigenvalue weighted by Gasteiger charge is 2.50. The Morgan fingerprint density at radius 2 is 1.71 bits per heavy atom. The molecule has 4 heteroatoms.